The van der Waals surface area contributed by atoms with Crippen molar-refractivity contribution in [2.45, 2.75) is 6.61 Å². The fraction of sp³-hybridized carbons (Fsp3) is 0.105. The summed E-state index contributed by atoms with van der Waals surface area (Å²) in [4.78, 5) is 46.8. The number of nitro groups is 1. The molecule has 1 fully saturated rings. The summed E-state index contributed by atoms with van der Waals surface area (Å²) in [5.74, 6) is -0.998. The highest BCUT2D eigenvalue weighted by molar-refractivity contribution is 9.10. The molecule has 1 aliphatic heterocycles. The zero-order valence-corrected chi connectivity index (χ0v) is 17.6. The Kier molecular flexibility index (Phi) is 6.53. The maximum absolute atomic E-state index is 12.4. The van der Waals surface area contributed by atoms with Gasteiger partial charge in [0.05, 0.1) is 9.83 Å². The fourth-order valence-corrected chi connectivity index (χ4v) is 3.83. The van der Waals surface area contributed by atoms with Crippen molar-refractivity contribution in [1.82, 2.24) is 4.90 Å². The number of ether oxygens (including phenoxy) is 1. The van der Waals surface area contributed by atoms with Gasteiger partial charge in [-0.2, -0.15) is 0 Å². The Morgan fingerprint density at radius 2 is 2.03 bits per heavy atom. The van der Waals surface area contributed by atoms with Crippen molar-refractivity contribution in [3.8, 4) is 5.75 Å². The number of rotatable bonds is 7. The number of thioether (sulfide) groups is 1. The molecule has 1 aliphatic rings. The molecule has 0 unspecified atom stereocenters. The maximum atomic E-state index is 12.4. The quantitative estimate of drug-likeness (QED) is 0.356. The summed E-state index contributed by atoms with van der Waals surface area (Å²) in [6, 6.07) is 11.2. The van der Waals surface area contributed by atoms with Crippen molar-refractivity contribution in [3.05, 3.63) is 73.1 Å². The van der Waals surface area contributed by atoms with E-state index in [1.54, 1.807) is 30.3 Å². The molecule has 0 radical (unpaired) electrons. The summed E-state index contributed by atoms with van der Waals surface area (Å²) < 4.78 is 6.51. The van der Waals surface area contributed by atoms with Gasteiger partial charge in [-0.3, -0.25) is 29.4 Å². The lowest BCUT2D eigenvalue weighted by Gasteiger charge is -2.11. The van der Waals surface area contributed by atoms with E-state index in [-0.39, 0.29) is 17.2 Å². The lowest BCUT2D eigenvalue weighted by Crippen LogP contribution is -2.36. The first-order chi connectivity index (χ1) is 14.2. The predicted octanol–water partition coefficient (Wildman–Crippen LogP) is 3.46. The van der Waals surface area contributed by atoms with Crippen LogP contribution < -0.4 is 10.5 Å². The lowest BCUT2D eigenvalue weighted by molar-refractivity contribution is -0.384. The first kappa shape index (κ1) is 21.5. The van der Waals surface area contributed by atoms with Gasteiger partial charge >= 0.3 is 0 Å². The number of carbonyl (C=O) groups is 3. The minimum Gasteiger partial charge on any atom is -0.488 e. The first-order valence-electron chi connectivity index (χ1n) is 8.44. The SMILES string of the molecule is NC(=O)CN1C(=O)S/C(=C\c2cc(Br)ccc2OCc2cccc([N+](=O)[O-])c2)C1=O. The van der Waals surface area contributed by atoms with Gasteiger partial charge in [0.1, 0.15) is 18.9 Å². The molecule has 2 aromatic carbocycles. The monoisotopic (exact) mass is 491 g/mol. The Bertz CT molecular complexity index is 1090. The van der Waals surface area contributed by atoms with Crippen LogP contribution in [0.2, 0.25) is 0 Å². The van der Waals surface area contributed by atoms with E-state index < -0.39 is 28.5 Å². The molecule has 0 aliphatic carbocycles. The second kappa shape index (κ2) is 9.09. The van der Waals surface area contributed by atoms with Crippen molar-refractivity contribution < 1.29 is 24.0 Å². The van der Waals surface area contributed by atoms with E-state index in [2.05, 4.69) is 15.9 Å². The van der Waals surface area contributed by atoms with Crippen LogP contribution in [-0.2, 0) is 16.2 Å². The van der Waals surface area contributed by atoms with Crippen molar-refractivity contribution in [3.63, 3.8) is 0 Å². The molecule has 1 heterocycles. The van der Waals surface area contributed by atoms with E-state index in [9.17, 15) is 24.5 Å². The Hall–Kier alpha value is -3.18. The number of halogens is 1. The summed E-state index contributed by atoms with van der Waals surface area (Å²) in [6.45, 7) is -0.427. The van der Waals surface area contributed by atoms with Gasteiger partial charge in [0.15, 0.2) is 0 Å². The zero-order chi connectivity index (χ0) is 21.8. The molecule has 0 aromatic heterocycles. The number of nitro benzene ring substituents is 1. The summed E-state index contributed by atoms with van der Waals surface area (Å²) in [6.07, 6.45) is 1.49. The average Bonchev–Trinajstić information content (AvgIpc) is 2.94. The summed E-state index contributed by atoms with van der Waals surface area (Å²) in [5, 5.41) is 10.3. The number of nitrogens with two attached hydrogens (primary N) is 1. The third-order valence-electron chi connectivity index (χ3n) is 3.96. The van der Waals surface area contributed by atoms with E-state index in [1.807, 2.05) is 0 Å². The number of carbonyl (C=O) groups excluding carboxylic acids is 3. The molecule has 11 heteroatoms. The molecule has 0 spiro atoms. The van der Waals surface area contributed by atoms with Crippen LogP contribution in [0.4, 0.5) is 10.5 Å². The maximum Gasteiger partial charge on any atom is 0.294 e. The largest absolute Gasteiger partial charge is 0.488 e. The highest BCUT2D eigenvalue weighted by Crippen LogP contribution is 2.35. The van der Waals surface area contributed by atoms with Crippen LogP contribution in [0.1, 0.15) is 11.1 Å². The van der Waals surface area contributed by atoms with Gasteiger partial charge in [0, 0.05) is 22.2 Å². The number of hydrogen-bond donors (Lipinski definition) is 1. The van der Waals surface area contributed by atoms with Crippen molar-refractivity contribution in [2.24, 2.45) is 5.73 Å². The third-order valence-corrected chi connectivity index (χ3v) is 5.36. The molecule has 9 nitrogen and oxygen atoms in total. The summed E-state index contributed by atoms with van der Waals surface area (Å²) in [5.41, 5.74) is 6.15. The van der Waals surface area contributed by atoms with Gasteiger partial charge in [-0.15, -0.1) is 0 Å². The smallest absolute Gasteiger partial charge is 0.294 e. The predicted molar refractivity (Wildman–Crippen MR) is 113 cm³/mol. The van der Waals surface area contributed by atoms with Crippen LogP contribution in [-0.4, -0.2) is 33.4 Å². The van der Waals surface area contributed by atoms with E-state index in [1.165, 1.54) is 18.2 Å². The Balaban J connectivity index is 1.84. The molecule has 0 saturated carbocycles. The number of hydrogen-bond acceptors (Lipinski definition) is 7. The Morgan fingerprint density at radius 3 is 2.73 bits per heavy atom. The van der Waals surface area contributed by atoms with Gasteiger partial charge < -0.3 is 10.5 Å². The van der Waals surface area contributed by atoms with Gasteiger partial charge in [-0.1, -0.05) is 28.1 Å². The topological polar surface area (TPSA) is 133 Å². The third kappa shape index (κ3) is 5.05. The van der Waals surface area contributed by atoms with Crippen molar-refractivity contribution in [2.75, 3.05) is 6.54 Å². The van der Waals surface area contributed by atoms with E-state index in [0.717, 1.165) is 4.90 Å². The minimum atomic E-state index is -0.790. The molecule has 30 heavy (non-hydrogen) atoms. The molecule has 2 aromatic rings. The Morgan fingerprint density at radius 1 is 1.27 bits per heavy atom. The highest BCUT2D eigenvalue weighted by atomic mass is 79.9. The second-order valence-electron chi connectivity index (χ2n) is 6.13. The lowest BCUT2D eigenvalue weighted by atomic mass is 10.1. The molecule has 1 saturated heterocycles. The fourth-order valence-electron chi connectivity index (χ4n) is 2.62. The van der Waals surface area contributed by atoms with Crippen molar-refractivity contribution in [1.29, 1.82) is 0 Å². The molecule has 0 bridgehead atoms. The molecular weight excluding hydrogens is 478 g/mol. The Labute approximate surface area is 183 Å². The number of benzene rings is 2. The molecule has 0 atom stereocenters. The number of non-ortho nitro benzene ring substituents is 1. The second-order valence-corrected chi connectivity index (χ2v) is 8.04. The van der Waals surface area contributed by atoms with Gasteiger partial charge in [0.25, 0.3) is 16.8 Å². The molecular formula is C19H14BrN3O6S. The zero-order valence-electron chi connectivity index (χ0n) is 15.2. The van der Waals surface area contributed by atoms with Gasteiger partial charge in [-0.05, 0) is 41.6 Å². The van der Waals surface area contributed by atoms with E-state index in [4.69, 9.17) is 10.5 Å². The normalized spacial score (nSPS) is 15.0. The molecule has 2 N–H and O–H groups in total. The number of nitrogens with zero attached hydrogens (tertiary/aromatic N) is 2. The first-order valence-corrected chi connectivity index (χ1v) is 10.0. The van der Waals surface area contributed by atoms with E-state index in [0.29, 0.717) is 33.1 Å². The minimum absolute atomic E-state index is 0.0461. The average molecular weight is 492 g/mol. The molecule has 3 amide bonds. The van der Waals surface area contributed by atoms with Crippen LogP contribution in [0.5, 0.6) is 5.75 Å². The van der Waals surface area contributed by atoms with Crippen molar-refractivity contribution >= 4 is 56.5 Å². The number of imide groups is 1. The molecule has 154 valence electrons. The highest BCUT2D eigenvalue weighted by Gasteiger charge is 2.36. The van der Waals surface area contributed by atoms with Gasteiger partial charge in [-0.25, -0.2) is 0 Å². The standard InChI is InChI=1S/C19H14BrN3O6S/c20-13-4-5-15(29-10-11-2-1-3-14(6-11)23(27)28)12(7-13)8-16-18(25)22(9-17(21)24)19(26)30-16/h1-8H,9-10H2,(H2,21,24)/b16-8-. The molecule has 3 rings (SSSR count). The summed E-state index contributed by atoms with van der Waals surface area (Å²) >= 11 is 4.05. The van der Waals surface area contributed by atoms with Crippen LogP contribution in [0, 0.1) is 10.1 Å². The summed E-state index contributed by atoms with van der Waals surface area (Å²) in [7, 11) is 0. The van der Waals surface area contributed by atoms with Gasteiger partial charge in [0.2, 0.25) is 5.91 Å². The van der Waals surface area contributed by atoms with Crippen LogP contribution in [0.15, 0.2) is 51.8 Å². The van der Waals surface area contributed by atoms with Crippen LogP contribution in [0.25, 0.3) is 6.08 Å². The van der Waals surface area contributed by atoms with Crippen LogP contribution >= 0.6 is 27.7 Å². The van der Waals surface area contributed by atoms with E-state index >= 15 is 0 Å². The van der Waals surface area contributed by atoms with Crippen LogP contribution in [0.3, 0.4) is 0 Å². The number of amides is 3. The number of primary amides is 1.